The number of ether oxygens (including phenoxy) is 2. The Labute approximate surface area is 231 Å². The second-order valence-electron chi connectivity index (χ2n) is 8.87. The van der Waals surface area contributed by atoms with Crippen molar-refractivity contribution in [3.63, 3.8) is 0 Å². The lowest BCUT2D eigenvalue weighted by molar-refractivity contribution is -0.172. The van der Waals surface area contributed by atoms with Crippen molar-refractivity contribution in [2.24, 2.45) is 5.92 Å². The Morgan fingerprint density at radius 2 is 2.22 bits per heavy atom. The Morgan fingerprint density at radius 3 is 2.97 bits per heavy atom. The van der Waals surface area contributed by atoms with E-state index in [0.717, 1.165) is 19.2 Å². The van der Waals surface area contributed by atoms with E-state index < -0.39 is 93.6 Å². The summed E-state index contributed by atoms with van der Waals surface area (Å²) in [6.45, 7) is -5.77. The number of rotatable bonds is 11. The second kappa shape index (κ2) is 11.5. The molecule has 36 heavy (non-hydrogen) atoms. The first kappa shape index (κ1) is 14.2. The van der Waals surface area contributed by atoms with E-state index in [2.05, 4.69) is 9.97 Å². The maximum atomic E-state index is 14.5. The molecule has 2 atom stereocenters. The number of aromatic nitrogens is 2. The van der Waals surface area contributed by atoms with Gasteiger partial charge >= 0.3 is 5.97 Å². The third-order valence-electron chi connectivity index (χ3n) is 5.95. The van der Waals surface area contributed by atoms with Gasteiger partial charge in [0.25, 0.3) is 0 Å². The third-order valence-corrected chi connectivity index (χ3v) is 5.95. The van der Waals surface area contributed by atoms with Crippen LogP contribution in [0, 0.1) is 11.7 Å². The first-order valence-corrected chi connectivity index (χ1v) is 11.5. The molecule has 1 aliphatic rings. The van der Waals surface area contributed by atoms with Crippen LogP contribution < -0.4 is 0 Å². The van der Waals surface area contributed by atoms with Crippen molar-refractivity contribution in [3.8, 4) is 0 Å². The number of hydrogen-bond acceptors (Lipinski definition) is 5. The first-order chi connectivity index (χ1) is 22.3. The number of nitrogens with one attached hydrogen (secondary N) is 1. The van der Waals surface area contributed by atoms with Gasteiger partial charge in [-0.1, -0.05) is 32.0 Å². The number of fused-ring (bicyclic) bond motifs is 2. The molecule has 0 aliphatic heterocycles. The zero-order valence-electron chi connectivity index (χ0n) is 33.3. The number of halogens is 1. The monoisotopic (exact) mass is 508 g/mol. The third kappa shape index (κ3) is 5.95. The molecule has 2 unspecified atom stereocenters. The van der Waals surface area contributed by atoms with Crippen molar-refractivity contribution in [1.82, 2.24) is 14.9 Å². The van der Waals surface area contributed by atoms with Crippen molar-refractivity contribution < 1.29 is 36.5 Å². The number of nitrogens with zero attached hydrogens (tertiary/aromatic N) is 2. The first-order valence-electron chi connectivity index (χ1n) is 18.0. The number of carbonyl (C=O) groups is 1. The molecule has 0 saturated carbocycles. The van der Waals surface area contributed by atoms with E-state index in [1.807, 2.05) is 0 Å². The number of para-hydroxylation sites is 2. The maximum Gasteiger partial charge on any atom is 0.332 e. The summed E-state index contributed by atoms with van der Waals surface area (Å²) >= 11 is 0. The molecule has 0 fully saturated rings. The minimum atomic E-state index is -3.69. The number of esters is 1. The number of hydrogen-bond donors (Lipinski definition) is 1. The standard InChI is InChI=1S/C29H38FN3O3/c1-20(2)28-23-12-11-22(30)18-21(23)13-14-29(28,36-27(34)19-35-4)15-17-33(3)16-7-10-26-31-24-8-5-6-9-25(24)32-26/h5-6,8-9,11-12,18,20,28H,7,10,13-17,19H2,1-4H3,(H,31,32)/i3D3,7D2,10D2,13D2,14D2,16D2. The largest absolute Gasteiger partial charge is 0.457 e. The summed E-state index contributed by atoms with van der Waals surface area (Å²) in [5, 5.41) is 0. The lowest BCUT2D eigenvalue weighted by Crippen LogP contribution is -2.49. The van der Waals surface area contributed by atoms with Crippen LogP contribution in [0.1, 0.15) is 73.7 Å². The van der Waals surface area contributed by atoms with Crippen molar-refractivity contribution in [3.05, 3.63) is 65.2 Å². The highest BCUT2D eigenvalue weighted by Gasteiger charge is 2.47. The normalized spacial score (nSPS) is 29.4. The summed E-state index contributed by atoms with van der Waals surface area (Å²) in [6.07, 6.45) is -14.1. The zero-order valence-corrected chi connectivity index (χ0v) is 20.3. The van der Waals surface area contributed by atoms with Crippen LogP contribution in [0.3, 0.4) is 0 Å². The van der Waals surface area contributed by atoms with Crippen LogP contribution >= 0.6 is 0 Å². The average Bonchev–Trinajstić information content (AvgIpc) is 3.41. The van der Waals surface area contributed by atoms with Crippen molar-refractivity contribution in [2.45, 2.75) is 57.3 Å². The summed E-state index contributed by atoms with van der Waals surface area (Å²) in [6, 6.07) is 9.37. The van der Waals surface area contributed by atoms with E-state index in [-0.39, 0.29) is 21.5 Å². The molecule has 194 valence electrons. The summed E-state index contributed by atoms with van der Waals surface area (Å²) in [4.78, 5) is 19.8. The molecule has 4 rings (SSSR count). The Kier molecular flexibility index (Phi) is 4.56. The van der Waals surface area contributed by atoms with E-state index in [1.165, 1.54) is 12.1 Å². The molecular weight excluding hydrogens is 457 g/mol. The van der Waals surface area contributed by atoms with Crippen LogP contribution in [0.15, 0.2) is 42.5 Å². The van der Waals surface area contributed by atoms with Gasteiger partial charge in [-0.25, -0.2) is 14.2 Å². The SMILES string of the molecule is [2H]C([2H])([2H])N(CCC1(OC(=O)COC)C(C(C)C)c2ccc(F)cc2C([2H])([2H])C1([2H])[2H])C([2H])([2H])C([2H])([2H])C([2H])([2H])c1nc2ccccc2[nH]1. The number of methoxy groups -OCH3 is 1. The Bertz CT molecular complexity index is 1660. The fourth-order valence-electron chi connectivity index (χ4n) is 4.52. The van der Waals surface area contributed by atoms with Crippen LogP contribution in [0.4, 0.5) is 4.39 Å². The van der Waals surface area contributed by atoms with E-state index in [9.17, 15) is 11.9 Å². The van der Waals surface area contributed by atoms with Crippen LogP contribution in [0.2, 0.25) is 0 Å². The molecular formula is C29H38FN3O3. The van der Waals surface area contributed by atoms with Gasteiger partial charge in [-0.15, -0.1) is 0 Å². The van der Waals surface area contributed by atoms with E-state index in [4.69, 9.17) is 24.6 Å². The van der Waals surface area contributed by atoms with Gasteiger partial charge in [0, 0.05) is 50.2 Å². The topological polar surface area (TPSA) is 67.4 Å². The Balaban J connectivity index is 1.89. The molecule has 3 aromatic rings. The van der Waals surface area contributed by atoms with E-state index >= 15 is 0 Å². The Morgan fingerprint density at radius 1 is 1.39 bits per heavy atom. The van der Waals surface area contributed by atoms with Gasteiger partial charge in [-0.2, -0.15) is 0 Å². The van der Waals surface area contributed by atoms with E-state index in [0.29, 0.717) is 5.52 Å². The van der Waals surface area contributed by atoms with Gasteiger partial charge in [0.05, 0.1) is 11.0 Å². The number of imidazole rings is 1. The summed E-state index contributed by atoms with van der Waals surface area (Å²) in [7, 11) is 1.16. The fourth-order valence-corrected chi connectivity index (χ4v) is 4.52. The number of aryl methyl sites for hydroxylation is 2. The molecule has 0 spiro atoms. The van der Waals surface area contributed by atoms with Crippen molar-refractivity contribution in [1.29, 1.82) is 0 Å². The van der Waals surface area contributed by atoms with Gasteiger partial charge in [0.2, 0.25) is 0 Å². The molecule has 1 N–H and O–H groups in total. The number of benzene rings is 2. The van der Waals surface area contributed by atoms with Gasteiger partial charge in [-0.05, 0) is 73.9 Å². The van der Waals surface area contributed by atoms with Crippen LogP contribution in [-0.4, -0.2) is 60.2 Å². The van der Waals surface area contributed by atoms with Gasteiger partial charge in [0.1, 0.15) is 23.8 Å². The molecule has 0 amide bonds. The summed E-state index contributed by atoms with van der Waals surface area (Å²) < 4.78 is 139. The highest BCUT2D eigenvalue weighted by Crippen LogP contribution is 2.48. The molecule has 0 bridgehead atoms. The number of carbonyl (C=O) groups excluding carboxylic acids is 1. The number of aromatic amines is 1. The highest BCUT2D eigenvalue weighted by atomic mass is 19.1. The molecule has 1 heterocycles. The zero-order chi connectivity index (χ0) is 37.2. The van der Waals surface area contributed by atoms with Crippen LogP contribution in [-0.2, 0) is 27.0 Å². The smallest absolute Gasteiger partial charge is 0.332 e. The van der Waals surface area contributed by atoms with Gasteiger partial charge < -0.3 is 19.4 Å². The quantitative estimate of drug-likeness (QED) is 0.357. The molecule has 7 heteroatoms. The minimum Gasteiger partial charge on any atom is -0.457 e. The molecule has 1 aromatic heterocycles. The summed E-state index contributed by atoms with van der Waals surface area (Å²) in [5.74, 6) is -4.55. The lowest BCUT2D eigenvalue weighted by atomic mass is 9.65. The second-order valence-corrected chi connectivity index (χ2v) is 8.87. The maximum absolute atomic E-state index is 14.5. The molecule has 2 aromatic carbocycles. The fraction of sp³-hybridized carbons (Fsp3) is 0.517. The lowest BCUT2D eigenvalue weighted by Gasteiger charge is -2.47. The molecule has 1 aliphatic carbocycles. The molecule has 0 saturated heterocycles. The predicted molar refractivity (Wildman–Crippen MR) is 140 cm³/mol. The van der Waals surface area contributed by atoms with E-state index in [1.54, 1.807) is 32.0 Å². The summed E-state index contributed by atoms with van der Waals surface area (Å²) in [5.41, 5.74) is -2.32. The highest BCUT2D eigenvalue weighted by molar-refractivity contribution is 5.74. The minimum absolute atomic E-state index is 0.0373. The Hall–Kier alpha value is -2.77. The van der Waals surface area contributed by atoms with Gasteiger partial charge in [-0.3, -0.25) is 0 Å². The van der Waals surface area contributed by atoms with Gasteiger partial charge in [0.15, 0.2) is 0 Å². The number of H-pyrrole nitrogens is 1. The van der Waals surface area contributed by atoms with Crippen molar-refractivity contribution in [2.75, 3.05) is 33.7 Å². The average molecular weight is 509 g/mol. The predicted octanol–water partition coefficient (Wildman–Crippen LogP) is 5.27. The molecule has 6 nitrogen and oxygen atoms in total. The molecule has 0 radical (unpaired) electrons. The van der Waals surface area contributed by atoms with Crippen LogP contribution in [0.5, 0.6) is 0 Å². The van der Waals surface area contributed by atoms with Crippen molar-refractivity contribution >= 4 is 17.0 Å². The van der Waals surface area contributed by atoms with Crippen LogP contribution in [0.25, 0.3) is 11.0 Å².